The average Bonchev–Trinajstić information content (AvgIpc) is 3.58. The Labute approximate surface area is 296 Å². The predicted octanol–water partition coefficient (Wildman–Crippen LogP) is -1.47. The number of nitrogens with one attached hydrogen (secondary N) is 2. The number of carbonyl (C=O) groups is 3. The van der Waals surface area contributed by atoms with Crippen LogP contribution in [0.3, 0.4) is 0 Å². The van der Waals surface area contributed by atoms with E-state index in [1.165, 1.54) is 0 Å². The van der Waals surface area contributed by atoms with Crippen LogP contribution in [0.5, 0.6) is 0 Å². The van der Waals surface area contributed by atoms with Crippen molar-refractivity contribution in [1.82, 2.24) is 25.6 Å². The summed E-state index contributed by atoms with van der Waals surface area (Å²) in [6.07, 6.45) is 2.96. The smallest absolute Gasteiger partial charge is 0.364 e. The highest BCUT2D eigenvalue weighted by Gasteiger charge is 2.55. The summed E-state index contributed by atoms with van der Waals surface area (Å²) >= 11 is 0. The van der Waals surface area contributed by atoms with E-state index in [-0.39, 0.29) is 13.0 Å². The third kappa shape index (κ3) is 13.3. The van der Waals surface area contributed by atoms with Gasteiger partial charge in [0.15, 0.2) is 0 Å². The van der Waals surface area contributed by atoms with Gasteiger partial charge in [0.05, 0.1) is 63.3 Å². The number of amides is 2. The highest BCUT2D eigenvalue weighted by atomic mass is 16.7. The van der Waals surface area contributed by atoms with Crippen molar-refractivity contribution in [2.75, 3.05) is 46.7 Å². The summed E-state index contributed by atoms with van der Waals surface area (Å²) in [5.74, 6) is -2.96. The molecule has 1 fully saturated rings. The summed E-state index contributed by atoms with van der Waals surface area (Å²) in [4.78, 5) is 37.0. The predicted molar refractivity (Wildman–Crippen MR) is 179 cm³/mol. The number of nitrogens with zero attached hydrogens (tertiary/aromatic N) is 3. The van der Waals surface area contributed by atoms with E-state index in [9.17, 15) is 39.9 Å². The lowest BCUT2D eigenvalue weighted by molar-refractivity contribution is -0.310. The molecule has 3 rings (SSSR count). The second-order valence-electron chi connectivity index (χ2n) is 12.1. The first-order chi connectivity index (χ1) is 24.5. The van der Waals surface area contributed by atoms with Crippen molar-refractivity contribution in [3.8, 4) is 12.3 Å². The molecule has 7 N–H and O–H groups in total. The van der Waals surface area contributed by atoms with Gasteiger partial charge in [-0.1, -0.05) is 36.1 Å². The largest absolute Gasteiger partial charge is 0.477 e. The number of aliphatic carboxylic acids is 1. The Morgan fingerprint density at radius 3 is 2.53 bits per heavy atom. The van der Waals surface area contributed by atoms with Gasteiger partial charge in [0.25, 0.3) is 5.79 Å². The zero-order valence-corrected chi connectivity index (χ0v) is 28.7. The molecule has 0 spiro atoms. The quantitative estimate of drug-likeness (QED) is 0.0513. The first-order valence-electron chi connectivity index (χ1n) is 16.8. The van der Waals surface area contributed by atoms with Crippen LogP contribution < -0.4 is 10.6 Å². The Balaban J connectivity index is 1.52. The summed E-state index contributed by atoms with van der Waals surface area (Å²) in [5, 5.41) is 65.3. The van der Waals surface area contributed by atoms with Gasteiger partial charge in [0.1, 0.15) is 18.8 Å². The number of rotatable bonds is 23. The van der Waals surface area contributed by atoms with Gasteiger partial charge in [-0.25, -0.2) is 9.48 Å². The summed E-state index contributed by atoms with van der Waals surface area (Å²) in [6.45, 7) is 0.581. The summed E-state index contributed by atoms with van der Waals surface area (Å²) < 4.78 is 23.5. The van der Waals surface area contributed by atoms with E-state index in [0.29, 0.717) is 56.8 Å². The molecular weight excluding hydrogens is 670 g/mol. The highest BCUT2D eigenvalue weighted by molar-refractivity contribution is 5.79. The molecule has 0 saturated carbocycles. The Bertz CT molecular complexity index is 1420. The van der Waals surface area contributed by atoms with Crippen LogP contribution in [0.4, 0.5) is 0 Å². The van der Waals surface area contributed by atoms with E-state index in [1.807, 2.05) is 6.20 Å². The number of aliphatic hydroxyl groups is 4. The number of aryl methyl sites for hydroxylation is 1. The molecule has 51 heavy (non-hydrogen) atoms. The molecule has 1 saturated heterocycles. The number of aliphatic hydroxyl groups excluding tert-OH is 4. The molecule has 17 nitrogen and oxygen atoms in total. The topological polar surface area (TPSA) is 244 Å². The van der Waals surface area contributed by atoms with Gasteiger partial charge < -0.3 is 55.1 Å². The zero-order valence-electron chi connectivity index (χ0n) is 28.7. The second kappa shape index (κ2) is 21.4. The summed E-state index contributed by atoms with van der Waals surface area (Å²) in [5.41, 5.74) is 2.13. The molecule has 17 heteroatoms. The van der Waals surface area contributed by atoms with Crippen molar-refractivity contribution < 1.29 is 58.9 Å². The number of carboxylic acid groups (broad SMARTS) is 1. The number of ether oxygens (including phenoxy) is 4. The molecule has 1 aromatic heterocycles. The van der Waals surface area contributed by atoms with Crippen LogP contribution in [0.2, 0.25) is 0 Å². The molecule has 1 aromatic carbocycles. The first kappa shape index (κ1) is 41.4. The second-order valence-corrected chi connectivity index (χ2v) is 12.1. The molecule has 0 radical (unpaired) electrons. The number of hydrogen-bond acceptors (Lipinski definition) is 13. The molecular formula is C34H49N5O12. The molecule has 6 atom stereocenters. The number of carboxylic acids is 1. The summed E-state index contributed by atoms with van der Waals surface area (Å²) in [6, 6.07) is 5.26. The van der Waals surface area contributed by atoms with Crippen molar-refractivity contribution in [3.63, 3.8) is 0 Å². The van der Waals surface area contributed by atoms with Gasteiger partial charge >= 0.3 is 5.97 Å². The van der Waals surface area contributed by atoms with Gasteiger partial charge in [-0.2, -0.15) is 0 Å². The van der Waals surface area contributed by atoms with Crippen LogP contribution in [0, 0.1) is 12.3 Å². The highest BCUT2D eigenvalue weighted by Crippen LogP contribution is 2.34. The molecule has 1 aliphatic heterocycles. The number of benzene rings is 1. The number of hydrogen-bond donors (Lipinski definition) is 7. The normalized spacial score (nSPS) is 21.4. The molecule has 0 bridgehead atoms. The number of aromatic nitrogens is 3. The number of unbranched alkanes of at least 4 members (excludes halogenated alkanes) is 3. The van der Waals surface area contributed by atoms with Crippen molar-refractivity contribution in [2.24, 2.45) is 0 Å². The minimum Gasteiger partial charge on any atom is -0.477 e. The maximum Gasteiger partial charge on any atom is 0.364 e. The fourth-order valence-corrected chi connectivity index (χ4v) is 5.44. The van der Waals surface area contributed by atoms with E-state index in [4.69, 9.17) is 25.4 Å². The Morgan fingerprint density at radius 2 is 1.84 bits per heavy atom. The van der Waals surface area contributed by atoms with Gasteiger partial charge in [0.2, 0.25) is 11.8 Å². The molecule has 1 aliphatic rings. The van der Waals surface area contributed by atoms with Crippen molar-refractivity contribution >= 4 is 17.8 Å². The Hall–Kier alpha value is -3.99. The molecule has 282 valence electrons. The van der Waals surface area contributed by atoms with Crippen LogP contribution in [0.15, 0.2) is 30.5 Å². The van der Waals surface area contributed by atoms with Crippen LogP contribution in [-0.4, -0.2) is 141 Å². The lowest BCUT2D eigenvalue weighted by Gasteiger charge is -2.46. The van der Waals surface area contributed by atoms with Crippen molar-refractivity contribution in [2.45, 2.75) is 87.7 Å². The van der Waals surface area contributed by atoms with Crippen molar-refractivity contribution in [1.29, 1.82) is 0 Å². The Kier molecular flexibility index (Phi) is 17.4. The van der Waals surface area contributed by atoms with E-state index < -0.39 is 73.6 Å². The number of methoxy groups -OCH3 is 1. The number of carbonyl (C=O) groups excluding carboxylic acids is 2. The third-order valence-corrected chi connectivity index (χ3v) is 8.24. The fraction of sp³-hybridized carbons (Fsp3) is 0.618. The minimum absolute atomic E-state index is 0.0507. The van der Waals surface area contributed by atoms with Gasteiger partial charge in [0, 0.05) is 31.8 Å². The summed E-state index contributed by atoms with van der Waals surface area (Å²) in [7, 11) is 1.61. The van der Waals surface area contributed by atoms with Gasteiger partial charge in [-0.15, -0.1) is 11.5 Å². The van der Waals surface area contributed by atoms with E-state index in [2.05, 4.69) is 26.9 Å². The number of terminal acetylenes is 1. The van der Waals surface area contributed by atoms with Gasteiger partial charge in [-0.3, -0.25) is 9.59 Å². The molecule has 2 amide bonds. The average molecular weight is 720 g/mol. The first-order valence-corrected chi connectivity index (χ1v) is 16.8. The molecule has 0 aliphatic carbocycles. The van der Waals surface area contributed by atoms with Crippen LogP contribution in [-0.2, 0) is 52.7 Å². The van der Waals surface area contributed by atoms with Crippen LogP contribution in [0.1, 0.15) is 48.9 Å². The lowest BCUT2D eigenvalue weighted by Crippen LogP contribution is -2.68. The van der Waals surface area contributed by atoms with E-state index in [1.54, 1.807) is 36.1 Å². The maximum atomic E-state index is 12.5. The third-order valence-electron chi connectivity index (χ3n) is 8.24. The van der Waals surface area contributed by atoms with E-state index in [0.717, 1.165) is 18.5 Å². The Morgan fingerprint density at radius 1 is 1.10 bits per heavy atom. The molecule has 2 heterocycles. The molecule has 0 unspecified atom stereocenters. The van der Waals surface area contributed by atoms with Crippen LogP contribution in [0.25, 0.3) is 0 Å². The minimum atomic E-state index is -2.43. The van der Waals surface area contributed by atoms with Gasteiger partial charge in [-0.05, 0) is 37.0 Å². The standard InChI is InChI=1S/C34H49N5O12/c1-3-23-9-11-24(12-10-23)18-28(43)35-20-27(42)31(45)32-30(36-29(44)22-40)26(41)19-34(51-32,33(46)47)50-14-7-5-4-6-8-25-21-39(38-37-25)13-15-49-17-16-48-2/h1,9-12,21,26-27,30-32,40-42,45H,4-8,13-20,22H2,2H3,(H,35,43)(H,36,44)(H,46,47)/t26-,27+,30+,31+,32+,34+/m0/s1. The lowest BCUT2D eigenvalue weighted by atomic mass is 9.88. The molecule has 2 aromatic rings. The SMILES string of the molecule is C#Cc1ccc(CC(=O)NC[C@@H](O)[C@@H](O)[C@@H]2O[C@@](OCCCCCCc3cn(CCOCCOC)nn3)(C(=O)O)C[C@H](O)[C@H]2NC(=O)CO)cc1. The monoisotopic (exact) mass is 719 g/mol. The van der Waals surface area contributed by atoms with Crippen molar-refractivity contribution in [3.05, 3.63) is 47.3 Å². The van der Waals surface area contributed by atoms with Crippen LogP contribution >= 0.6 is 0 Å². The van der Waals surface area contributed by atoms with E-state index >= 15 is 0 Å². The maximum absolute atomic E-state index is 12.5. The zero-order chi connectivity index (χ0) is 37.2. The fourth-order valence-electron chi connectivity index (χ4n) is 5.44.